The zero-order valence-electron chi connectivity index (χ0n) is 28.8. The summed E-state index contributed by atoms with van der Waals surface area (Å²) in [6, 6.07) is 69.8. The van der Waals surface area contributed by atoms with Gasteiger partial charge in [-0.1, -0.05) is 127 Å². The highest BCUT2D eigenvalue weighted by atomic mass is 16.3. The second-order valence-corrected chi connectivity index (χ2v) is 13.8. The smallest absolute Gasteiger partial charge is 0.143 e. The van der Waals surface area contributed by atoms with Crippen LogP contribution >= 0.6 is 0 Å². The van der Waals surface area contributed by atoms with Crippen molar-refractivity contribution in [2.45, 2.75) is 0 Å². The van der Waals surface area contributed by atoms with Crippen molar-refractivity contribution < 1.29 is 4.42 Å². The van der Waals surface area contributed by atoms with E-state index in [0.717, 1.165) is 61.2 Å². The Morgan fingerprint density at radius 2 is 1.08 bits per heavy atom. The molecule has 0 atom stereocenters. The number of rotatable bonds is 5. The van der Waals surface area contributed by atoms with Gasteiger partial charge in [0.05, 0.1) is 22.1 Å². The first-order chi connectivity index (χ1) is 26.3. The van der Waals surface area contributed by atoms with Gasteiger partial charge in [0.2, 0.25) is 0 Å². The molecule has 0 aliphatic heterocycles. The Morgan fingerprint density at radius 3 is 1.98 bits per heavy atom. The summed E-state index contributed by atoms with van der Waals surface area (Å²) in [6.45, 7) is 0. The Labute approximate surface area is 306 Å². The minimum Gasteiger partial charge on any atom is -0.455 e. The van der Waals surface area contributed by atoms with E-state index >= 15 is 0 Å². The van der Waals surface area contributed by atoms with Gasteiger partial charge in [-0.3, -0.25) is 0 Å². The highest BCUT2D eigenvalue weighted by Gasteiger charge is 2.22. The van der Waals surface area contributed by atoms with Gasteiger partial charge in [0.15, 0.2) is 0 Å². The highest BCUT2D eigenvalue weighted by Crippen LogP contribution is 2.46. The van der Waals surface area contributed by atoms with Crippen molar-refractivity contribution in [2.24, 2.45) is 0 Å². The monoisotopic (exact) mass is 676 g/mol. The van der Waals surface area contributed by atoms with Gasteiger partial charge < -0.3 is 13.9 Å². The van der Waals surface area contributed by atoms with E-state index in [4.69, 9.17) is 4.42 Å². The average molecular weight is 677 g/mol. The summed E-state index contributed by atoms with van der Waals surface area (Å²) in [4.78, 5) is 2.41. The van der Waals surface area contributed by atoms with Crippen molar-refractivity contribution in [3.63, 3.8) is 0 Å². The minimum absolute atomic E-state index is 0.865. The van der Waals surface area contributed by atoms with Crippen LogP contribution in [0, 0.1) is 0 Å². The fourth-order valence-electron chi connectivity index (χ4n) is 8.30. The van der Waals surface area contributed by atoms with Gasteiger partial charge in [-0.15, -0.1) is 0 Å². The van der Waals surface area contributed by atoms with Gasteiger partial charge in [-0.2, -0.15) is 0 Å². The van der Waals surface area contributed by atoms with E-state index in [0.29, 0.717) is 0 Å². The topological polar surface area (TPSA) is 21.3 Å². The number of nitrogens with zero attached hydrogens (tertiary/aromatic N) is 2. The van der Waals surface area contributed by atoms with Gasteiger partial charge in [-0.25, -0.2) is 0 Å². The lowest BCUT2D eigenvalue weighted by molar-refractivity contribution is 0.672. The molecular weight excluding hydrogens is 645 g/mol. The molecule has 53 heavy (non-hydrogen) atoms. The van der Waals surface area contributed by atoms with Crippen LogP contribution < -0.4 is 4.90 Å². The number of furan rings is 1. The van der Waals surface area contributed by atoms with E-state index in [1.807, 2.05) is 0 Å². The van der Waals surface area contributed by atoms with E-state index in [1.165, 1.54) is 38.0 Å². The van der Waals surface area contributed by atoms with Crippen LogP contribution in [-0.4, -0.2) is 4.57 Å². The van der Waals surface area contributed by atoms with E-state index < -0.39 is 0 Å². The summed E-state index contributed by atoms with van der Waals surface area (Å²) < 4.78 is 9.11. The molecule has 0 bridgehead atoms. The van der Waals surface area contributed by atoms with Crippen LogP contribution in [0.5, 0.6) is 0 Å². The maximum absolute atomic E-state index is 6.72. The van der Waals surface area contributed by atoms with Crippen LogP contribution in [0.4, 0.5) is 17.1 Å². The molecule has 0 spiro atoms. The molecule has 248 valence electrons. The molecule has 0 aliphatic rings. The Bertz CT molecular complexity index is 3190. The predicted octanol–water partition coefficient (Wildman–Crippen LogP) is 14.1. The molecule has 0 unspecified atom stereocenters. The third-order valence-electron chi connectivity index (χ3n) is 10.7. The average Bonchev–Trinajstić information content (AvgIpc) is 3.78. The lowest BCUT2D eigenvalue weighted by atomic mass is 10.00. The largest absolute Gasteiger partial charge is 0.455 e. The maximum atomic E-state index is 6.72. The zero-order chi connectivity index (χ0) is 34.9. The number of anilines is 3. The third kappa shape index (κ3) is 4.68. The summed E-state index contributed by atoms with van der Waals surface area (Å²) in [5.41, 5.74) is 10.8. The molecule has 3 nitrogen and oxygen atoms in total. The van der Waals surface area contributed by atoms with Crippen molar-refractivity contribution >= 4 is 82.4 Å². The quantitative estimate of drug-likeness (QED) is 0.181. The van der Waals surface area contributed by atoms with Crippen molar-refractivity contribution in [3.05, 3.63) is 194 Å². The second kappa shape index (κ2) is 11.7. The summed E-state index contributed by atoms with van der Waals surface area (Å²) in [6.07, 6.45) is 0. The second-order valence-electron chi connectivity index (χ2n) is 13.8. The van der Waals surface area contributed by atoms with Crippen LogP contribution in [0.15, 0.2) is 199 Å². The van der Waals surface area contributed by atoms with Gasteiger partial charge >= 0.3 is 0 Å². The molecule has 2 heterocycles. The Hall–Kier alpha value is -7.10. The van der Waals surface area contributed by atoms with Crippen LogP contribution in [0.3, 0.4) is 0 Å². The van der Waals surface area contributed by atoms with Crippen LogP contribution in [0.2, 0.25) is 0 Å². The van der Waals surface area contributed by atoms with Crippen LogP contribution in [-0.2, 0) is 0 Å². The first-order valence-corrected chi connectivity index (χ1v) is 18.1. The summed E-state index contributed by atoms with van der Waals surface area (Å²) in [7, 11) is 0. The van der Waals surface area contributed by atoms with Gasteiger partial charge in [0, 0.05) is 38.6 Å². The van der Waals surface area contributed by atoms with E-state index in [2.05, 4.69) is 204 Å². The lowest BCUT2D eigenvalue weighted by Gasteiger charge is -2.27. The number of benzene rings is 9. The van der Waals surface area contributed by atoms with Crippen LogP contribution in [0.25, 0.3) is 82.1 Å². The number of fused-ring (bicyclic) bond motifs is 9. The Kier molecular flexibility index (Phi) is 6.55. The molecule has 0 radical (unpaired) electrons. The number of para-hydroxylation sites is 2. The minimum atomic E-state index is 0.865. The Morgan fingerprint density at radius 1 is 0.396 bits per heavy atom. The zero-order valence-corrected chi connectivity index (χ0v) is 28.8. The van der Waals surface area contributed by atoms with Gasteiger partial charge in [0.25, 0.3) is 0 Å². The number of hydrogen-bond acceptors (Lipinski definition) is 2. The lowest BCUT2D eigenvalue weighted by Crippen LogP contribution is -2.10. The number of hydrogen-bond donors (Lipinski definition) is 0. The molecule has 11 rings (SSSR count). The molecule has 2 aromatic heterocycles. The summed E-state index contributed by atoms with van der Waals surface area (Å²) in [5, 5.41) is 9.40. The van der Waals surface area contributed by atoms with E-state index in [-0.39, 0.29) is 0 Å². The molecule has 0 N–H and O–H groups in total. The van der Waals surface area contributed by atoms with Crippen molar-refractivity contribution in [1.29, 1.82) is 0 Å². The maximum Gasteiger partial charge on any atom is 0.143 e. The molecule has 0 aliphatic carbocycles. The first-order valence-electron chi connectivity index (χ1n) is 18.1. The van der Waals surface area contributed by atoms with E-state index in [9.17, 15) is 0 Å². The molecule has 0 saturated heterocycles. The van der Waals surface area contributed by atoms with Crippen molar-refractivity contribution in [3.8, 4) is 16.8 Å². The SMILES string of the molecule is c1ccc(-n2c3ccccc3c3ccc(N(c4cccc(-c5ccc6ccccc6c5)c4)c4cccc5oc6c7ccccc7ccc6c45)cc32)cc1. The highest BCUT2D eigenvalue weighted by molar-refractivity contribution is 6.20. The van der Waals surface area contributed by atoms with Crippen LogP contribution in [0.1, 0.15) is 0 Å². The predicted molar refractivity (Wildman–Crippen MR) is 223 cm³/mol. The molecule has 9 aromatic carbocycles. The fourth-order valence-corrected chi connectivity index (χ4v) is 8.30. The summed E-state index contributed by atoms with van der Waals surface area (Å²) in [5.74, 6) is 0. The van der Waals surface area contributed by atoms with Crippen molar-refractivity contribution in [2.75, 3.05) is 4.90 Å². The molecule has 11 aromatic rings. The summed E-state index contributed by atoms with van der Waals surface area (Å²) >= 11 is 0. The van der Waals surface area contributed by atoms with Gasteiger partial charge in [-0.05, 0) is 94.0 Å². The Balaban J connectivity index is 1.19. The van der Waals surface area contributed by atoms with E-state index in [1.54, 1.807) is 0 Å². The molecule has 0 amide bonds. The normalized spacial score (nSPS) is 11.8. The fraction of sp³-hybridized carbons (Fsp3) is 0. The van der Waals surface area contributed by atoms with Crippen molar-refractivity contribution in [1.82, 2.24) is 4.57 Å². The number of aromatic nitrogens is 1. The molecule has 0 saturated carbocycles. The first kappa shape index (κ1) is 29.6. The molecule has 3 heteroatoms. The van der Waals surface area contributed by atoms with Gasteiger partial charge in [0.1, 0.15) is 11.2 Å². The molecule has 0 fully saturated rings. The standard InChI is InChI=1S/C50H32N2O/c1-2-16-38(17-3-1)52-45-21-9-8-20-42(45)43-29-27-40(32-47(43)52)51(39-18-10-15-36(31-39)37-25-24-33-12-4-5-14-35(33)30-37)46-22-11-23-48-49(46)44-28-26-34-13-6-7-19-41(34)50(44)53-48/h1-32H. The molecular formula is C50H32N2O. The third-order valence-corrected chi connectivity index (χ3v) is 10.7.